The van der Waals surface area contributed by atoms with Crippen LogP contribution in [0.3, 0.4) is 0 Å². The predicted octanol–water partition coefficient (Wildman–Crippen LogP) is 0.157. The SMILES string of the molecule is CNC(=O)C1CNCCN1CCc1ccccc1[N+](=O)[O-]. The molecule has 1 fully saturated rings. The van der Waals surface area contributed by atoms with Gasteiger partial charge >= 0.3 is 0 Å². The van der Waals surface area contributed by atoms with Gasteiger partial charge in [0.1, 0.15) is 6.04 Å². The van der Waals surface area contributed by atoms with Gasteiger partial charge in [-0.05, 0) is 6.42 Å². The Hall–Kier alpha value is -1.99. The van der Waals surface area contributed by atoms with Crippen LogP contribution in [0.5, 0.6) is 0 Å². The number of amides is 1. The summed E-state index contributed by atoms with van der Waals surface area (Å²) in [4.78, 5) is 24.6. The number of likely N-dealkylation sites (N-methyl/N-ethyl adjacent to an activating group) is 1. The van der Waals surface area contributed by atoms with Crippen molar-refractivity contribution in [3.05, 3.63) is 39.9 Å². The van der Waals surface area contributed by atoms with E-state index < -0.39 is 0 Å². The number of nitrogens with zero attached hydrogens (tertiary/aromatic N) is 2. The Bertz CT molecular complexity index is 521. The minimum Gasteiger partial charge on any atom is -0.358 e. The first kappa shape index (κ1) is 15.4. The number of para-hydroxylation sites is 1. The zero-order valence-electron chi connectivity index (χ0n) is 12.0. The maximum Gasteiger partial charge on any atom is 0.272 e. The Labute approximate surface area is 123 Å². The zero-order chi connectivity index (χ0) is 15.2. The third-order valence-electron chi connectivity index (χ3n) is 3.76. The van der Waals surface area contributed by atoms with Crippen molar-refractivity contribution in [1.29, 1.82) is 0 Å². The number of nitro groups is 1. The van der Waals surface area contributed by atoms with E-state index in [0.717, 1.165) is 13.1 Å². The smallest absolute Gasteiger partial charge is 0.272 e. The number of piperazine rings is 1. The standard InChI is InChI=1S/C14H20N4O3/c1-15-14(19)13-10-16-7-9-17(13)8-6-11-4-2-3-5-12(11)18(20)21/h2-5,13,16H,6-10H2,1H3,(H,15,19). The monoisotopic (exact) mass is 292 g/mol. The third-order valence-corrected chi connectivity index (χ3v) is 3.76. The van der Waals surface area contributed by atoms with Crippen LogP contribution in [-0.4, -0.2) is 55.0 Å². The van der Waals surface area contributed by atoms with E-state index in [4.69, 9.17) is 0 Å². The van der Waals surface area contributed by atoms with Gasteiger partial charge in [-0.25, -0.2) is 0 Å². The molecule has 0 saturated carbocycles. The minimum absolute atomic E-state index is 0.0234. The molecule has 1 heterocycles. The zero-order valence-corrected chi connectivity index (χ0v) is 12.0. The molecule has 1 aliphatic heterocycles. The number of carbonyl (C=O) groups is 1. The van der Waals surface area contributed by atoms with Crippen LogP contribution in [0, 0.1) is 10.1 Å². The Kier molecular flexibility index (Phi) is 5.24. The molecule has 1 atom stereocenters. The van der Waals surface area contributed by atoms with Crippen molar-refractivity contribution in [3.8, 4) is 0 Å². The van der Waals surface area contributed by atoms with E-state index in [2.05, 4.69) is 15.5 Å². The molecule has 2 rings (SSSR count). The number of benzene rings is 1. The van der Waals surface area contributed by atoms with Crippen molar-refractivity contribution in [2.75, 3.05) is 33.2 Å². The van der Waals surface area contributed by atoms with Gasteiger partial charge in [0.2, 0.25) is 5.91 Å². The average Bonchev–Trinajstić information content (AvgIpc) is 2.52. The third kappa shape index (κ3) is 3.77. The van der Waals surface area contributed by atoms with E-state index >= 15 is 0 Å². The number of nitro benzene ring substituents is 1. The lowest BCUT2D eigenvalue weighted by Gasteiger charge is -2.34. The van der Waals surface area contributed by atoms with E-state index in [1.807, 2.05) is 0 Å². The Morgan fingerprint density at radius 3 is 3.00 bits per heavy atom. The summed E-state index contributed by atoms with van der Waals surface area (Å²) in [6, 6.07) is 6.54. The van der Waals surface area contributed by atoms with Gasteiger partial charge in [0, 0.05) is 44.9 Å². The fourth-order valence-corrected chi connectivity index (χ4v) is 2.60. The summed E-state index contributed by atoms with van der Waals surface area (Å²) in [7, 11) is 1.62. The van der Waals surface area contributed by atoms with Crippen LogP contribution in [0.4, 0.5) is 5.69 Å². The highest BCUT2D eigenvalue weighted by Crippen LogP contribution is 2.19. The van der Waals surface area contributed by atoms with Crippen LogP contribution >= 0.6 is 0 Å². The van der Waals surface area contributed by atoms with E-state index in [1.54, 1.807) is 25.2 Å². The maximum absolute atomic E-state index is 11.9. The Balaban J connectivity index is 2.04. The van der Waals surface area contributed by atoms with Gasteiger partial charge in [-0.15, -0.1) is 0 Å². The first-order chi connectivity index (χ1) is 10.1. The topological polar surface area (TPSA) is 87.5 Å². The molecule has 7 heteroatoms. The molecular weight excluding hydrogens is 272 g/mol. The van der Waals surface area contributed by atoms with E-state index in [9.17, 15) is 14.9 Å². The van der Waals surface area contributed by atoms with Crippen LogP contribution in [-0.2, 0) is 11.2 Å². The fraction of sp³-hybridized carbons (Fsp3) is 0.500. The van der Waals surface area contributed by atoms with Gasteiger partial charge in [0.15, 0.2) is 0 Å². The molecular formula is C14H20N4O3. The fourth-order valence-electron chi connectivity index (χ4n) is 2.60. The summed E-state index contributed by atoms with van der Waals surface area (Å²) >= 11 is 0. The van der Waals surface area contributed by atoms with Crippen LogP contribution in [0.2, 0.25) is 0 Å². The summed E-state index contributed by atoms with van der Waals surface area (Å²) in [5.41, 5.74) is 0.848. The van der Waals surface area contributed by atoms with Gasteiger partial charge in [-0.2, -0.15) is 0 Å². The Morgan fingerprint density at radius 2 is 2.29 bits per heavy atom. The predicted molar refractivity (Wildman–Crippen MR) is 79.1 cm³/mol. The second kappa shape index (κ2) is 7.14. The van der Waals surface area contributed by atoms with Crippen molar-refractivity contribution in [2.45, 2.75) is 12.5 Å². The summed E-state index contributed by atoms with van der Waals surface area (Å²) in [5, 5.41) is 16.9. The molecule has 0 spiro atoms. The first-order valence-electron chi connectivity index (χ1n) is 7.02. The van der Waals surface area contributed by atoms with Crippen LogP contribution in [0.1, 0.15) is 5.56 Å². The quantitative estimate of drug-likeness (QED) is 0.596. The summed E-state index contributed by atoms with van der Waals surface area (Å²) in [6.45, 7) is 2.82. The maximum atomic E-state index is 11.9. The van der Waals surface area contributed by atoms with Crippen molar-refractivity contribution in [3.63, 3.8) is 0 Å². The lowest BCUT2D eigenvalue weighted by atomic mass is 10.1. The molecule has 1 amide bonds. The highest BCUT2D eigenvalue weighted by molar-refractivity contribution is 5.81. The molecule has 1 aliphatic rings. The van der Waals surface area contributed by atoms with Crippen LogP contribution < -0.4 is 10.6 Å². The lowest BCUT2D eigenvalue weighted by molar-refractivity contribution is -0.385. The number of nitrogens with one attached hydrogen (secondary N) is 2. The molecule has 1 unspecified atom stereocenters. The summed E-state index contributed by atoms with van der Waals surface area (Å²) in [6.07, 6.45) is 0.560. The normalized spacial score (nSPS) is 19.2. The molecule has 21 heavy (non-hydrogen) atoms. The number of hydrogen-bond acceptors (Lipinski definition) is 5. The lowest BCUT2D eigenvalue weighted by Crippen LogP contribution is -2.57. The summed E-state index contributed by atoms with van der Waals surface area (Å²) in [5.74, 6) is -0.0234. The molecule has 7 nitrogen and oxygen atoms in total. The van der Waals surface area contributed by atoms with Crippen LogP contribution in [0.15, 0.2) is 24.3 Å². The first-order valence-corrected chi connectivity index (χ1v) is 7.02. The van der Waals surface area contributed by atoms with E-state index in [0.29, 0.717) is 25.1 Å². The number of rotatable bonds is 5. The molecule has 114 valence electrons. The highest BCUT2D eigenvalue weighted by atomic mass is 16.6. The number of carbonyl (C=O) groups excluding carboxylic acids is 1. The second-order valence-corrected chi connectivity index (χ2v) is 5.01. The van der Waals surface area contributed by atoms with Gasteiger partial charge in [0.25, 0.3) is 5.69 Å². The molecule has 0 radical (unpaired) electrons. The van der Waals surface area contributed by atoms with Gasteiger partial charge in [-0.1, -0.05) is 18.2 Å². The van der Waals surface area contributed by atoms with Gasteiger partial charge < -0.3 is 10.6 Å². The minimum atomic E-state index is -0.358. The van der Waals surface area contributed by atoms with Crippen molar-refractivity contribution in [2.24, 2.45) is 0 Å². The molecule has 0 bridgehead atoms. The van der Waals surface area contributed by atoms with Crippen LogP contribution in [0.25, 0.3) is 0 Å². The van der Waals surface area contributed by atoms with Gasteiger partial charge in [-0.3, -0.25) is 19.8 Å². The molecule has 1 aromatic carbocycles. The second-order valence-electron chi connectivity index (χ2n) is 5.01. The van der Waals surface area contributed by atoms with Crippen molar-refractivity contribution in [1.82, 2.24) is 15.5 Å². The molecule has 2 N–H and O–H groups in total. The Morgan fingerprint density at radius 1 is 1.52 bits per heavy atom. The van der Waals surface area contributed by atoms with Crippen molar-refractivity contribution < 1.29 is 9.72 Å². The number of hydrogen-bond donors (Lipinski definition) is 2. The molecule has 1 saturated heterocycles. The van der Waals surface area contributed by atoms with E-state index in [1.165, 1.54) is 6.07 Å². The summed E-state index contributed by atoms with van der Waals surface area (Å²) < 4.78 is 0. The molecule has 0 aliphatic carbocycles. The molecule has 1 aromatic rings. The largest absolute Gasteiger partial charge is 0.358 e. The van der Waals surface area contributed by atoms with Crippen molar-refractivity contribution >= 4 is 11.6 Å². The van der Waals surface area contributed by atoms with Gasteiger partial charge in [0.05, 0.1) is 4.92 Å². The van der Waals surface area contributed by atoms with E-state index in [-0.39, 0.29) is 22.6 Å². The highest BCUT2D eigenvalue weighted by Gasteiger charge is 2.27. The average molecular weight is 292 g/mol. The molecule has 0 aromatic heterocycles.